The minimum absolute atomic E-state index is 0.0169. The van der Waals surface area contributed by atoms with E-state index in [1.165, 1.54) is 5.38 Å². The van der Waals surface area contributed by atoms with Crippen molar-refractivity contribution in [2.45, 2.75) is 19.4 Å². The molecule has 0 aliphatic heterocycles. The molecule has 0 N–H and O–H groups in total. The smallest absolute Gasteiger partial charge is 0.240 e. The molecule has 0 saturated carbocycles. The standard InChI is InChI=1S/C6H6F2N4S/c1-6(7,8)5-11-4(3-13-5)2-10-12-9/h3H,2H2,1H3. The summed E-state index contributed by atoms with van der Waals surface area (Å²) in [6.07, 6.45) is 0. The van der Waals surface area contributed by atoms with E-state index in [1.54, 1.807) is 0 Å². The van der Waals surface area contributed by atoms with Gasteiger partial charge in [0, 0.05) is 17.2 Å². The Morgan fingerprint density at radius 3 is 2.92 bits per heavy atom. The van der Waals surface area contributed by atoms with E-state index in [-0.39, 0.29) is 11.6 Å². The lowest BCUT2D eigenvalue weighted by atomic mass is 10.4. The molecule has 1 heterocycles. The largest absolute Gasteiger partial charge is 0.296 e. The Morgan fingerprint density at radius 2 is 2.46 bits per heavy atom. The van der Waals surface area contributed by atoms with Crippen LogP contribution in [0.4, 0.5) is 8.78 Å². The molecule has 1 rings (SSSR count). The molecule has 7 heteroatoms. The van der Waals surface area contributed by atoms with E-state index in [0.717, 1.165) is 18.3 Å². The number of halogens is 2. The number of azide groups is 1. The first-order valence-electron chi connectivity index (χ1n) is 3.37. The topological polar surface area (TPSA) is 61.7 Å². The van der Waals surface area contributed by atoms with Gasteiger partial charge in [-0.2, -0.15) is 8.78 Å². The van der Waals surface area contributed by atoms with Crippen LogP contribution in [0.2, 0.25) is 0 Å². The van der Waals surface area contributed by atoms with Crippen molar-refractivity contribution in [3.05, 3.63) is 26.5 Å². The van der Waals surface area contributed by atoms with Gasteiger partial charge in [-0.15, -0.1) is 11.3 Å². The number of nitrogens with zero attached hydrogens (tertiary/aromatic N) is 4. The molecule has 0 aliphatic carbocycles. The Hall–Kier alpha value is -1.20. The van der Waals surface area contributed by atoms with Crippen molar-refractivity contribution in [2.24, 2.45) is 5.11 Å². The monoisotopic (exact) mass is 204 g/mol. The second-order valence-electron chi connectivity index (χ2n) is 2.42. The molecule has 0 spiro atoms. The Kier molecular flexibility index (Phi) is 2.79. The summed E-state index contributed by atoms with van der Waals surface area (Å²) in [6, 6.07) is 0. The number of alkyl halides is 2. The van der Waals surface area contributed by atoms with E-state index in [1.807, 2.05) is 0 Å². The zero-order valence-electron chi connectivity index (χ0n) is 6.74. The fourth-order valence-corrected chi connectivity index (χ4v) is 1.44. The van der Waals surface area contributed by atoms with Crippen LogP contribution < -0.4 is 0 Å². The number of rotatable bonds is 3. The van der Waals surface area contributed by atoms with Crippen molar-refractivity contribution in [3.8, 4) is 0 Å². The molecule has 1 aromatic heterocycles. The van der Waals surface area contributed by atoms with Crippen molar-refractivity contribution in [1.82, 2.24) is 4.98 Å². The summed E-state index contributed by atoms with van der Waals surface area (Å²) in [4.78, 5) is 6.13. The van der Waals surface area contributed by atoms with Crippen LogP contribution in [0.5, 0.6) is 0 Å². The summed E-state index contributed by atoms with van der Waals surface area (Å²) in [6.45, 7) is 0.798. The molecule has 0 bridgehead atoms. The van der Waals surface area contributed by atoms with E-state index < -0.39 is 5.92 Å². The van der Waals surface area contributed by atoms with Gasteiger partial charge in [-0.25, -0.2) is 4.98 Å². The number of hydrogen-bond donors (Lipinski definition) is 0. The fourth-order valence-electron chi connectivity index (χ4n) is 0.685. The first kappa shape index (κ1) is 9.88. The minimum Gasteiger partial charge on any atom is -0.240 e. The number of thiazole rings is 1. The Balaban J connectivity index is 2.80. The molecule has 1 aromatic rings. The zero-order valence-corrected chi connectivity index (χ0v) is 7.55. The van der Waals surface area contributed by atoms with Crippen molar-refractivity contribution < 1.29 is 8.78 Å². The second kappa shape index (κ2) is 3.68. The van der Waals surface area contributed by atoms with E-state index >= 15 is 0 Å². The Bertz CT molecular complexity index is 337. The van der Waals surface area contributed by atoms with Crippen LogP contribution >= 0.6 is 11.3 Å². The highest BCUT2D eigenvalue weighted by atomic mass is 32.1. The summed E-state index contributed by atoms with van der Waals surface area (Å²) >= 11 is 0.863. The van der Waals surface area contributed by atoms with Crippen LogP contribution in [0, 0.1) is 0 Å². The maximum Gasteiger partial charge on any atom is 0.296 e. The van der Waals surface area contributed by atoms with Crippen molar-refractivity contribution >= 4 is 11.3 Å². The molecule has 4 nitrogen and oxygen atoms in total. The van der Waals surface area contributed by atoms with Gasteiger partial charge in [0.2, 0.25) is 0 Å². The lowest BCUT2D eigenvalue weighted by Gasteiger charge is -2.03. The SMILES string of the molecule is CC(F)(F)c1nc(CN=[N+]=[N-])cs1. The molecule has 0 aliphatic rings. The number of hydrogen-bond acceptors (Lipinski definition) is 3. The van der Waals surface area contributed by atoms with Crippen LogP contribution in [0.25, 0.3) is 10.4 Å². The van der Waals surface area contributed by atoms with Gasteiger partial charge in [0.15, 0.2) is 5.01 Å². The third-order valence-corrected chi connectivity index (χ3v) is 2.29. The predicted molar refractivity (Wildman–Crippen MR) is 44.5 cm³/mol. The zero-order chi connectivity index (χ0) is 9.90. The van der Waals surface area contributed by atoms with Crippen LogP contribution in [-0.4, -0.2) is 4.98 Å². The van der Waals surface area contributed by atoms with Crippen LogP contribution in [0.3, 0.4) is 0 Å². The summed E-state index contributed by atoms with van der Waals surface area (Å²) in [5.41, 5.74) is 8.35. The van der Waals surface area contributed by atoms with Gasteiger partial charge in [0.1, 0.15) is 0 Å². The molecule has 0 atom stereocenters. The molecular weight excluding hydrogens is 198 g/mol. The lowest BCUT2D eigenvalue weighted by molar-refractivity contribution is 0.0171. The van der Waals surface area contributed by atoms with E-state index in [2.05, 4.69) is 15.0 Å². The highest BCUT2D eigenvalue weighted by molar-refractivity contribution is 7.09. The first-order valence-corrected chi connectivity index (χ1v) is 4.25. The van der Waals surface area contributed by atoms with Gasteiger partial charge in [-0.05, 0) is 5.53 Å². The quantitative estimate of drug-likeness (QED) is 0.424. The normalized spacial score (nSPS) is 11.0. The van der Waals surface area contributed by atoms with Crippen LogP contribution in [0.15, 0.2) is 10.5 Å². The molecule has 0 fully saturated rings. The van der Waals surface area contributed by atoms with Crippen molar-refractivity contribution in [3.63, 3.8) is 0 Å². The second-order valence-corrected chi connectivity index (χ2v) is 3.28. The molecule has 0 saturated heterocycles. The highest BCUT2D eigenvalue weighted by Gasteiger charge is 2.27. The summed E-state index contributed by atoms with van der Waals surface area (Å²) in [5, 5.41) is 4.42. The Morgan fingerprint density at radius 1 is 1.77 bits per heavy atom. The van der Waals surface area contributed by atoms with Crippen LogP contribution in [0.1, 0.15) is 17.6 Å². The molecule has 0 radical (unpaired) electrons. The van der Waals surface area contributed by atoms with E-state index in [4.69, 9.17) is 5.53 Å². The van der Waals surface area contributed by atoms with Crippen molar-refractivity contribution in [1.29, 1.82) is 0 Å². The average Bonchev–Trinajstić information content (AvgIpc) is 2.47. The minimum atomic E-state index is -2.92. The van der Waals surface area contributed by atoms with Gasteiger partial charge < -0.3 is 0 Å². The van der Waals surface area contributed by atoms with Gasteiger partial charge in [-0.3, -0.25) is 0 Å². The lowest BCUT2D eigenvalue weighted by Crippen LogP contribution is -2.06. The van der Waals surface area contributed by atoms with Crippen molar-refractivity contribution in [2.75, 3.05) is 0 Å². The Labute approximate surface area is 76.9 Å². The van der Waals surface area contributed by atoms with Gasteiger partial charge in [0.25, 0.3) is 5.92 Å². The maximum absolute atomic E-state index is 12.6. The molecule has 70 valence electrons. The maximum atomic E-state index is 12.6. The van der Waals surface area contributed by atoms with Gasteiger partial charge >= 0.3 is 0 Å². The molecule has 13 heavy (non-hydrogen) atoms. The third-order valence-electron chi connectivity index (χ3n) is 1.22. The van der Waals surface area contributed by atoms with Gasteiger partial charge in [-0.1, -0.05) is 5.11 Å². The van der Waals surface area contributed by atoms with E-state index in [9.17, 15) is 8.78 Å². The first-order chi connectivity index (χ1) is 6.04. The molecule has 0 amide bonds. The highest BCUT2D eigenvalue weighted by Crippen LogP contribution is 2.29. The summed E-state index contributed by atoms with van der Waals surface area (Å²) in [7, 11) is 0. The predicted octanol–water partition coefficient (Wildman–Crippen LogP) is 3.07. The summed E-state index contributed by atoms with van der Waals surface area (Å²) in [5.74, 6) is -2.92. The van der Waals surface area contributed by atoms with Gasteiger partial charge in [0.05, 0.1) is 12.2 Å². The molecular formula is C6H6F2N4S. The summed E-state index contributed by atoms with van der Waals surface area (Å²) < 4.78 is 25.3. The third kappa shape index (κ3) is 2.64. The average molecular weight is 204 g/mol. The molecule has 0 unspecified atom stereocenters. The van der Waals surface area contributed by atoms with E-state index in [0.29, 0.717) is 5.69 Å². The fraction of sp³-hybridized carbons (Fsp3) is 0.500. The van der Waals surface area contributed by atoms with Crippen LogP contribution in [-0.2, 0) is 12.5 Å². The molecule has 0 aromatic carbocycles. The number of aromatic nitrogens is 1.